The number of nitrogens with zero attached hydrogens (tertiary/aromatic N) is 2. The first-order chi connectivity index (χ1) is 9.33. The SMILES string of the molecule is O=C(Cc1ccn(C2CCCCC2)n1)C1CCCN1. The Balaban J connectivity index is 1.59. The molecule has 0 spiro atoms. The molecule has 1 aliphatic heterocycles. The van der Waals surface area contributed by atoms with Gasteiger partial charge < -0.3 is 5.32 Å². The Kier molecular flexibility index (Phi) is 3.97. The molecule has 19 heavy (non-hydrogen) atoms. The van der Waals surface area contributed by atoms with Crippen molar-refractivity contribution in [2.75, 3.05) is 6.54 Å². The standard InChI is InChI=1S/C15H23N3O/c19-15(14-7-4-9-16-14)11-12-8-10-18(17-12)13-5-2-1-3-6-13/h8,10,13-14,16H,1-7,9,11H2. The minimum atomic E-state index is 0.0693. The first-order valence-electron chi connectivity index (χ1n) is 7.63. The molecule has 1 unspecified atom stereocenters. The highest BCUT2D eigenvalue weighted by atomic mass is 16.1. The zero-order chi connectivity index (χ0) is 13.1. The molecule has 1 aromatic heterocycles. The van der Waals surface area contributed by atoms with E-state index in [0.29, 0.717) is 18.2 Å². The number of ketones is 1. The summed E-state index contributed by atoms with van der Waals surface area (Å²) in [6.45, 7) is 0.979. The van der Waals surface area contributed by atoms with Crippen molar-refractivity contribution in [2.24, 2.45) is 0 Å². The zero-order valence-electron chi connectivity index (χ0n) is 11.5. The van der Waals surface area contributed by atoms with E-state index in [2.05, 4.69) is 21.3 Å². The summed E-state index contributed by atoms with van der Waals surface area (Å²) in [7, 11) is 0. The van der Waals surface area contributed by atoms with Gasteiger partial charge in [0.25, 0.3) is 0 Å². The van der Waals surface area contributed by atoms with Crippen LogP contribution in [0.1, 0.15) is 56.7 Å². The smallest absolute Gasteiger partial charge is 0.155 e. The molecule has 1 saturated carbocycles. The highest BCUT2D eigenvalue weighted by Gasteiger charge is 2.23. The molecular formula is C15H23N3O. The van der Waals surface area contributed by atoms with Gasteiger partial charge >= 0.3 is 0 Å². The van der Waals surface area contributed by atoms with Gasteiger partial charge in [-0.2, -0.15) is 5.10 Å². The van der Waals surface area contributed by atoms with Gasteiger partial charge in [0.05, 0.1) is 24.2 Å². The van der Waals surface area contributed by atoms with E-state index in [4.69, 9.17) is 0 Å². The maximum atomic E-state index is 12.1. The highest BCUT2D eigenvalue weighted by Crippen LogP contribution is 2.27. The van der Waals surface area contributed by atoms with Crippen LogP contribution in [0.4, 0.5) is 0 Å². The lowest BCUT2D eigenvalue weighted by molar-refractivity contribution is -0.120. The summed E-state index contributed by atoms with van der Waals surface area (Å²) in [5, 5.41) is 7.88. The van der Waals surface area contributed by atoms with Crippen LogP contribution in [0.3, 0.4) is 0 Å². The van der Waals surface area contributed by atoms with Crippen molar-refractivity contribution in [1.29, 1.82) is 0 Å². The van der Waals surface area contributed by atoms with E-state index in [1.165, 1.54) is 32.1 Å². The third kappa shape index (κ3) is 3.06. The van der Waals surface area contributed by atoms with Crippen LogP contribution in [0.5, 0.6) is 0 Å². The lowest BCUT2D eigenvalue weighted by Crippen LogP contribution is -2.32. The molecule has 104 valence electrons. The van der Waals surface area contributed by atoms with Crippen LogP contribution in [-0.2, 0) is 11.2 Å². The van der Waals surface area contributed by atoms with Gasteiger partial charge in [0.15, 0.2) is 5.78 Å². The predicted molar refractivity (Wildman–Crippen MR) is 74.1 cm³/mol. The molecular weight excluding hydrogens is 238 g/mol. The number of hydrogen-bond donors (Lipinski definition) is 1. The van der Waals surface area contributed by atoms with E-state index >= 15 is 0 Å². The molecule has 1 N–H and O–H groups in total. The third-order valence-electron chi connectivity index (χ3n) is 4.42. The van der Waals surface area contributed by atoms with Gasteiger partial charge in [-0.15, -0.1) is 0 Å². The average molecular weight is 261 g/mol. The summed E-state index contributed by atoms with van der Waals surface area (Å²) in [4.78, 5) is 12.1. The third-order valence-corrected chi connectivity index (χ3v) is 4.42. The Hall–Kier alpha value is -1.16. The Morgan fingerprint density at radius 2 is 2.11 bits per heavy atom. The van der Waals surface area contributed by atoms with Gasteiger partial charge in [-0.1, -0.05) is 19.3 Å². The van der Waals surface area contributed by atoms with Crippen molar-refractivity contribution in [3.05, 3.63) is 18.0 Å². The molecule has 0 radical (unpaired) electrons. The van der Waals surface area contributed by atoms with Gasteiger partial charge in [-0.3, -0.25) is 9.48 Å². The largest absolute Gasteiger partial charge is 0.307 e. The van der Waals surface area contributed by atoms with Gasteiger partial charge in [-0.25, -0.2) is 0 Å². The summed E-state index contributed by atoms with van der Waals surface area (Å²) in [5.74, 6) is 0.298. The molecule has 0 aromatic carbocycles. The topological polar surface area (TPSA) is 46.9 Å². The second-order valence-electron chi connectivity index (χ2n) is 5.87. The van der Waals surface area contributed by atoms with Crippen LogP contribution in [-0.4, -0.2) is 28.2 Å². The van der Waals surface area contributed by atoms with Crippen molar-refractivity contribution in [3.63, 3.8) is 0 Å². The van der Waals surface area contributed by atoms with Crippen LogP contribution in [0, 0.1) is 0 Å². The second-order valence-corrected chi connectivity index (χ2v) is 5.87. The molecule has 4 heteroatoms. The Morgan fingerprint density at radius 1 is 1.26 bits per heavy atom. The molecule has 3 rings (SSSR count). The van der Waals surface area contributed by atoms with E-state index in [0.717, 1.165) is 25.1 Å². The Labute approximate surface area is 114 Å². The second kappa shape index (κ2) is 5.87. The van der Waals surface area contributed by atoms with E-state index in [-0.39, 0.29) is 6.04 Å². The Bertz CT molecular complexity index is 428. The van der Waals surface area contributed by atoms with Crippen LogP contribution < -0.4 is 5.32 Å². The van der Waals surface area contributed by atoms with Crippen LogP contribution >= 0.6 is 0 Å². The van der Waals surface area contributed by atoms with Crippen LogP contribution in [0.25, 0.3) is 0 Å². The first kappa shape index (κ1) is 12.9. The molecule has 4 nitrogen and oxygen atoms in total. The van der Waals surface area contributed by atoms with Gasteiger partial charge in [0.1, 0.15) is 0 Å². The van der Waals surface area contributed by atoms with E-state index in [1.807, 2.05) is 6.07 Å². The predicted octanol–water partition coefficient (Wildman–Crippen LogP) is 2.25. The molecule has 2 fully saturated rings. The minimum absolute atomic E-state index is 0.0693. The maximum Gasteiger partial charge on any atom is 0.155 e. The van der Waals surface area contributed by atoms with Crippen molar-refractivity contribution in [2.45, 2.75) is 63.5 Å². The van der Waals surface area contributed by atoms with Gasteiger partial charge in [0.2, 0.25) is 0 Å². The molecule has 0 bridgehead atoms. The van der Waals surface area contributed by atoms with Crippen molar-refractivity contribution in [3.8, 4) is 0 Å². The quantitative estimate of drug-likeness (QED) is 0.904. The monoisotopic (exact) mass is 261 g/mol. The molecule has 2 heterocycles. The highest BCUT2D eigenvalue weighted by molar-refractivity contribution is 5.85. The lowest BCUT2D eigenvalue weighted by atomic mass is 9.96. The molecule has 1 aliphatic carbocycles. The average Bonchev–Trinajstić information content (AvgIpc) is 3.11. The lowest BCUT2D eigenvalue weighted by Gasteiger charge is -2.21. The van der Waals surface area contributed by atoms with Crippen molar-refractivity contribution < 1.29 is 4.79 Å². The number of rotatable bonds is 4. The fourth-order valence-corrected chi connectivity index (χ4v) is 3.28. The summed E-state index contributed by atoms with van der Waals surface area (Å²) in [6, 6.07) is 2.64. The van der Waals surface area contributed by atoms with E-state index in [1.54, 1.807) is 0 Å². The van der Waals surface area contributed by atoms with Gasteiger partial charge in [0, 0.05) is 6.20 Å². The summed E-state index contributed by atoms with van der Waals surface area (Å²) >= 11 is 0. The van der Waals surface area contributed by atoms with Crippen molar-refractivity contribution in [1.82, 2.24) is 15.1 Å². The number of carbonyl (C=O) groups is 1. The summed E-state index contributed by atoms with van der Waals surface area (Å²) in [6.07, 6.45) is 11.1. The molecule has 2 aliphatic rings. The molecule has 1 atom stereocenters. The number of carbonyl (C=O) groups excluding carboxylic acids is 1. The number of nitrogens with one attached hydrogen (secondary N) is 1. The van der Waals surface area contributed by atoms with Gasteiger partial charge in [-0.05, 0) is 38.3 Å². The normalized spacial score (nSPS) is 24.7. The number of hydrogen-bond acceptors (Lipinski definition) is 3. The van der Waals surface area contributed by atoms with Crippen LogP contribution in [0.2, 0.25) is 0 Å². The summed E-state index contributed by atoms with van der Waals surface area (Å²) in [5.41, 5.74) is 0.935. The van der Waals surface area contributed by atoms with Crippen molar-refractivity contribution >= 4 is 5.78 Å². The number of Topliss-reactive ketones (excluding diaryl/α,β-unsaturated/α-hetero) is 1. The Morgan fingerprint density at radius 3 is 2.84 bits per heavy atom. The molecule has 1 saturated heterocycles. The fourth-order valence-electron chi connectivity index (χ4n) is 3.28. The summed E-state index contributed by atoms with van der Waals surface area (Å²) < 4.78 is 2.09. The first-order valence-corrected chi connectivity index (χ1v) is 7.63. The molecule has 0 amide bonds. The van der Waals surface area contributed by atoms with Crippen LogP contribution in [0.15, 0.2) is 12.3 Å². The van der Waals surface area contributed by atoms with E-state index < -0.39 is 0 Å². The minimum Gasteiger partial charge on any atom is -0.307 e. The number of aromatic nitrogens is 2. The molecule has 1 aromatic rings. The zero-order valence-corrected chi connectivity index (χ0v) is 11.5. The maximum absolute atomic E-state index is 12.1. The van der Waals surface area contributed by atoms with E-state index in [9.17, 15) is 4.79 Å². The fraction of sp³-hybridized carbons (Fsp3) is 0.733.